The van der Waals surface area contributed by atoms with Crippen molar-refractivity contribution in [1.82, 2.24) is 10.2 Å². The minimum absolute atomic E-state index is 0.137. The van der Waals surface area contributed by atoms with Gasteiger partial charge in [0.1, 0.15) is 23.0 Å². The monoisotopic (exact) mass is 446 g/mol. The van der Waals surface area contributed by atoms with Gasteiger partial charge in [-0.3, -0.25) is 20.0 Å². The van der Waals surface area contributed by atoms with E-state index in [9.17, 15) is 19.3 Å². The SMILES string of the molecule is Cc1cc(C)cc(Oc2cc(NC(=O)c3cc(-c4ccc(F)cc4)n[nH]3)cc([N+](=O)[O-])c2)c1. The maximum Gasteiger partial charge on any atom is 0.275 e. The van der Waals surface area contributed by atoms with Crippen molar-refractivity contribution in [3.63, 3.8) is 0 Å². The van der Waals surface area contributed by atoms with Gasteiger partial charge >= 0.3 is 0 Å². The molecule has 0 saturated heterocycles. The number of aromatic nitrogens is 2. The number of anilines is 1. The fourth-order valence-electron chi connectivity index (χ4n) is 3.35. The third-order valence-corrected chi connectivity index (χ3v) is 4.75. The summed E-state index contributed by atoms with van der Waals surface area (Å²) in [6.45, 7) is 3.84. The fourth-order valence-corrected chi connectivity index (χ4v) is 3.35. The highest BCUT2D eigenvalue weighted by molar-refractivity contribution is 6.03. The Labute approximate surface area is 188 Å². The van der Waals surface area contributed by atoms with E-state index in [1.165, 1.54) is 36.4 Å². The summed E-state index contributed by atoms with van der Waals surface area (Å²) in [5, 5.41) is 20.7. The number of aryl methyl sites for hydroxylation is 2. The van der Waals surface area contributed by atoms with Crippen LogP contribution in [0, 0.1) is 29.8 Å². The second kappa shape index (κ2) is 8.91. The number of ether oxygens (including phenoxy) is 1. The van der Waals surface area contributed by atoms with Crippen LogP contribution in [-0.2, 0) is 0 Å². The smallest absolute Gasteiger partial charge is 0.275 e. The zero-order valence-electron chi connectivity index (χ0n) is 17.8. The van der Waals surface area contributed by atoms with Crippen molar-refractivity contribution < 1.29 is 18.8 Å². The molecule has 166 valence electrons. The number of non-ortho nitro benzene ring substituents is 1. The first-order valence-electron chi connectivity index (χ1n) is 9.95. The second-order valence-electron chi connectivity index (χ2n) is 7.53. The van der Waals surface area contributed by atoms with Crippen molar-refractivity contribution in [2.24, 2.45) is 0 Å². The number of halogens is 1. The van der Waals surface area contributed by atoms with Gasteiger partial charge in [-0.25, -0.2) is 4.39 Å². The summed E-state index contributed by atoms with van der Waals surface area (Å²) in [6, 6.07) is 16.8. The fraction of sp³-hybridized carbons (Fsp3) is 0.0833. The van der Waals surface area contributed by atoms with E-state index in [4.69, 9.17) is 4.74 Å². The van der Waals surface area contributed by atoms with Crippen LogP contribution in [0.1, 0.15) is 21.6 Å². The average molecular weight is 446 g/mol. The molecule has 0 aliphatic carbocycles. The number of nitro benzene ring substituents is 1. The number of hydrogen-bond acceptors (Lipinski definition) is 5. The molecule has 3 aromatic carbocycles. The number of carbonyl (C=O) groups is 1. The van der Waals surface area contributed by atoms with E-state index in [1.807, 2.05) is 32.0 Å². The van der Waals surface area contributed by atoms with E-state index in [0.717, 1.165) is 11.1 Å². The quantitative estimate of drug-likeness (QED) is 0.288. The van der Waals surface area contributed by atoms with Crippen molar-refractivity contribution in [2.75, 3.05) is 5.32 Å². The molecule has 9 heteroatoms. The van der Waals surface area contributed by atoms with Crippen molar-refractivity contribution >= 4 is 17.3 Å². The molecule has 0 fully saturated rings. The largest absolute Gasteiger partial charge is 0.457 e. The molecule has 4 aromatic rings. The summed E-state index contributed by atoms with van der Waals surface area (Å²) in [5.74, 6) is -0.186. The van der Waals surface area contributed by atoms with Crippen LogP contribution in [0.25, 0.3) is 11.3 Å². The Morgan fingerprint density at radius 1 is 1.00 bits per heavy atom. The van der Waals surface area contributed by atoms with Gasteiger partial charge in [0.05, 0.1) is 22.4 Å². The number of carbonyl (C=O) groups excluding carboxylic acids is 1. The molecular formula is C24H19FN4O4. The van der Waals surface area contributed by atoms with Gasteiger partial charge in [0, 0.05) is 17.7 Å². The standard InChI is InChI=1S/C24H19FN4O4/c1-14-7-15(2)9-20(8-14)33-21-11-18(10-19(12-21)29(31)32)26-24(30)23-13-22(27-28-23)16-3-5-17(25)6-4-16/h3-13H,1-2H3,(H,26,30)(H,27,28). The Morgan fingerprint density at radius 3 is 2.33 bits per heavy atom. The second-order valence-corrected chi connectivity index (χ2v) is 7.53. The van der Waals surface area contributed by atoms with Gasteiger partial charge in [0.2, 0.25) is 0 Å². The van der Waals surface area contributed by atoms with E-state index in [-0.39, 0.29) is 28.6 Å². The first-order chi connectivity index (χ1) is 15.8. The molecule has 0 aliphatic rings. The number of nitrogens with one attached hydrogen (secondary N) is 2. The van der Waals surface area contributed by atoms with E-state index in [2.05, 4.69) is 15.5 Å². The summed E-state index contributed by atoms with van der Waals surface area (Å²) < 4.78 is 19.0. The van der Waals surface area contributed by atoms with Crippen LogP contribution in [-0.4, -0.2) is 21.0 Å². The minimum Gasteiger partial charge on any atom is -0.457 e. The van der Waals surface area contributed by atoms with Crippen molar-refractivity contribution in [3.05, 3.63) is 99.5 Å². The first kappa shape index (κ1) is 21.7. The van der Waals surface area contributed by atoms with E-state index in [0.29, 0.717) is 17.0 Å². The summed E-state index contributed by atoms with van der Waals surface area (Å²) >= 11 is 0. The number of nitro groups is 1. The Balaban J connectivity index is 1.57. The molecule has 2 N–H and O–H groups in total. The zero-order chi connectivity index (χ0) is 23.5. The van der Waals surface area contributed by atoms with Crippen molar-refractivity contribution in [1.29, 1.82) is 0 Å². The van der Waals surface area contributed by atoms with Crippen LogP contribution >= 0.6 is 0 Å². The van der Waals surface area contributed by atoms with Gasteiger partial charge in [-0.1, -0.05) is 6.07 Å². The molecule has 1 amide bonds. The molecular weight excluding hydrogens is 427 g/mol. The molecule has 8 nitrogen and oxygen atoms in total. The molecule has 0 saturated carbocycles. The van der Waals surface area contributed by atoms with Crippen LogP contribution in [0.4, 0.5) is 15.8 Å². The molecule has 1 heterocycles. The molecule has 0 atom stereocenters. The Kier molecular flexibility index (Phi) is 5.86. The van der Waals surface area contributed by atoms with Crippen LogP contribution in [0.15, 0.2) is 66.7 Å². The highest BCUT2D eigenvalue weighted by Crippen LogP contribution is 2.31. The minimum atomic E-state index is -0.563. The number of hydrogen-bond donors (Lipinski definition) is 2. The van der Waals surface area contributed by atoms with E-state index < -0.39 is 10.8 Å². The van der Waals surface area contributed by atoms with Crippen molar-refractivity contribution in [2.45, 2.75) is 13.8 Å². The van der Waals surface area contributed by atoms with Gasteiger partial charge < -0.3 is 10.1 Å². The first-order valence-corrected chi connectivity index (χ1v) is 9.95. The van der Waals surface area contributed by atoms with Gasteiger partial charge in [-0.15, -0.1) is 0 Å². The summed E-state index contributed by atoms with van der Waals surface area (Å²) in [7, 11) is 0. The topological polar surface area (TPSA) is 110 Å². The van der Waals surface area contributed by atoms with E-state index in [1.54, 1.807) is 12.1 Å². The lowest BCUT2D eigenvalue weighted by atomic mass is 10.1. The maximum absolute atomic E-state index is 13.1. The zero-order valence-corrected chi connectivity index (χ0v) is 17.8. The lowest BCUT2D eigenvalue weighted by Gasteiger charge is -2.10. The van der Waals surface area contributed by atoms with Crippen LogP contribution < -0.4 is 10.1 Å². The Bertz CT molecular complexity index is 1330. The number of rotatable bonds is 6. The van der Waals surface area contributed by atoms with Gasteiger partial charge in [0.25, 0.3) is 11.6 Å². The number of H-pyrrole nitrogens is 1. The normalized spacial score (nSPS) is 10.6. The van der Waals surface area contributed by atoms with Crippen LogP contribution in [0.2, 0.25) is 0 Å². The molecule has 0 bridgehead atoms. The lowest BCUT2D eigenvalue weighted by molar-refractivity contribution is -0.384. The highest BCUT2D eigenvalue weighted by Gasteiger charge is 2.16. The number of benzene rings is 3. The third-order valence-electron chi connectivity index (χ3n) is 4.75. The summed E-state index contributed by atoms with van der Waals surface area (Å²) in [4.78, 5) is 23.5. The predicted molar refractivity (Wildman–Crippen MR) is 121 cm³/mol. The number of amides is 1. The summed E-state index contributed by atoms with van der Waals surface area (Å²) in [6.07, 6.45) is 0. The van der Waals surface area contributed by atoms with E-state index >= 15 is 0 Å². The molecule has 0 aliphatic heterocycles. The molecule has 0 spiro atoms. The Morgan fingerprint density at radius 2 is 1.67 bits per heavy atom. The Hall–Kier alpha value is -4.53. The predicted octanol–water partition coefficient (Wildman–Crippen LogP) is 5.79. The summed E-state index contributed by atoms with van der Waals surface area (Å²) in [5.41, 5.74) is 3.15. The molecule has 0 unspecified atom stereocenters. The lowest BCUT2D eigenvalue weighted by Crippen LogP contribution is -2.12. The number of aromatic amines is 1. The third kappa shape index (κ3) is 5.21. The molecule has 0 radical (unpaired) electrons. The van der Waals surface area contributed by atoms with Gasteiger partial charge in [0.15, 0.2) is 0 Å². The molecule has 4 rings (SSSR count). The average Bonchev–Trinajstić information content (AvgIpc) is 3.24. The van der Waals surface area contributed by atoms with Gasteiger partial charge in [-0.05, 0) is 67.4 Å². The maximum atomic E-state index is 13.1. The van der Waals surface area contributed by atoms with Crippen molar-refractivity contribution in [3.8, 4) is 22.8 Å². The molecule has 33 heavy (non-hydrogen) atoms. The number of nitrogens with zero attached hydrogens (tertiary/aromatic N) is 2. The van der Waals surface area contributed by atoms with Crippen LogP contribution in [0.3, 0.4) is 0 Å². The van der Waals surface area contributed by atoms with Crippen LogP contribution in [0.5, 0.6) is 11.5 Å². The highest BCUT2D eigenvalue weighted by atomic mass is 19.1. The molecule has 1 aromatic heterocycles. The van der Waals surface area contributed by atoms with Gasteiger partial charge in [-0.2, -0.15) is 5.10 Å².